The molecule has 0 spiro atoms. The molecule has 0 unspecified atom stereocenters. The Bertz CT molecular complexity index is 1720. The summed E-state index contributed by atoms with van der Waals surface area (Å²) in [5.41, 5.74) is 3.65. The molecular weight excluding hydrogens is 648 g/mol. The van der Waals surface area contributed by atoms with Gasteiger partial charge in [0.05, 0.1) is 34.7 Å². The number of rotatable bonds is 18. The number of nitrogens with zero attached hydrogens (tertiary/aromatic N) is 6. The molecule has 12 heteroatoms. The summed E-state index contributed by atoms with van der Waals surface area (Å²) in [5.74, 6) is -1.03. The fraction of sp³-hybridized carbons (Fsp3) is 0.282. The Morgan fingerprint density at radius 3 is 1.20 bits per heavy atom. The summed E-state index contributed by atoms with van der Waals surface area (Å²) in [5, 5.41) is 8.04. The molecule has 12 nitrogen and oxygen atoms in total. The molecule has 0 atom stereocenters. The molecule has 0 fully saturated rings. The van der Waals surface area contributed by atoms with E-state index >= 15 is 0 Å². The van der Waals surface area contributed by atoms with Crippen molar-refractivity contribution in [1.82, 2.24) is 9.80 Å². The summed E-state index contributed by atoms with van der Waals surface area (Å²) in [6.07, 6.45) is 15.6. The zero-order valence-corrected chi connectivity index (χ0v) is 28.3. The van der Waals surface area contributed by atoms with Crippen molar-refractivity contribution in [2.75, 3.05) is 26.3 Å². The van der Waals surface area contributed by atoms with Gasteiger partial charge in [0.15, 0.2) is 24.8 Å². The average Bonchev–Trinajstić information content (AvgIpc) is 3.55. The lowest BCUT2D eigenvalue weighted by molar-refractivity contribution is -0.701. The maximum Gasteiger partial charge on any atom is 0.261 e. The number of oxime groups is 2. The molecule has 2 aliphatic heterocycles. The maximum atomic E-state index is 12.4. The fourth-order valence-corrected chi connectivity index (χ4v) is 5.93. The number of hydrogen-bond donors (Lipinski definition) is 0. The van der Waals surface area contributed by atoms with E-state index in [1.165, 1.54) is 9.80 Å². The highest BCUT2D eigenvalue weighted by atomic mass is 16.6. The van der Waals surface area contributed by atoms with E-state index in [1.54, 1.807) is 61.0 Å². The number of benzene rings is 2. The Hall–Kier alpha value is -6.04. The zero-order chi connectivity index (χ0) is 35.4. The van der Waals surface area contributed by atoms with Crippen LogP contribution in [0.25, 0.3) is 0 Å². The van der Waals surface area contributed by atoms with Crippen molar-refractivity contribution in [3.8, 4) is 0 Å². The van der Waals surface area contributed by atoms with Crippen LogP contribution in [0.1, 0.15) is 84.7 Å². The molecule has 260 valence electrons. The molecule has 51 heavy (non-hydrogen) atoms. The molecule has 2 aromatic carbocycles. The van der Waals surface area contributed by atoms with Gasteiger partial charge in [-0.15, -0.1) is 0 Å². The smallest absolute Gasteiger partial charge is 0.261 e. The number of aryl methyl sites for hydroxylation is 2. The second-order valence-corrected chi connectivity index (χ2v) is 12.3. The Kier molecular flexibility index (Phi) is 11.6. The Balaban J connectivity index is 0.796. The van der Waals surface area contributed by atoms with Crippen LogP contribution in [0.15, 0.2) is 108 Å². The van der Waals surface area contributed by atoms with Crippen LogP contribution in [0.3, 0.4) is 0 Å². The molecular formula is C39H40N6O6+2. The van der Waals surface area contributed by atoms with Gasteiger partial charge in [0.2, 0.25) is 0 Å². The van der Waals surface area contributed by atoms with Gasteiger partial charge in [-0.25, -0.2) is 9.13 Å². The van der Waals surface area contributed by atoms with Gasteiger partial charge < -0.3 is 9.68 Å². The van der Waals surface area contributed by atoms with Crippen LogP contribution in [0.4, 0.5) is 0 Å². The van der Waals surface area contributed by atoms with Gasteiger partial charge >= 0.3 is 0 Å². The van der Waals surface area contributed by atoms with E-state index < -0.39 is 0 Å². The highest BCUT2D eigenvalue weighted by Gasteiger charge is 2.35. The minimum Gasteiger partial charge on any atom is -0.396 e. The van der Waals surface area contributed by atoms with Crippen molar-refractivity contribution in [3.63, 3.8) is 0 Å². The number of pyridine rings is 2. The van der Waals surface area contributed by atoms with E-state index in [2.05, 4.69) is 19.4 Å². The molecule has 2 aromatic heterocycles. The van der Waals surface area contributed by atoms with Gasteiger partial charge in [0.1, 0.15) is 26.3 Å². The van der Waals surface area contributed by atoms with Gasteiger partial charge in [0, 0.05) is 74.2 Å². The van der Waals surface area contributed by atoms with E-state index in [-0.39, 0.29) is 23.6 Å². The lowest BCUT2D eigenvalue weighted by atomic mass is 10.1. The molecule has 0 radical (unpaired) electrons. The molecule has 4 heterocycles. The molecule has 6 rings (SSSR count). The zero-order valence-electron chi connectivity index (χ0n) is 28.3. The summed E-state index contributed by atoms with van der Waals surface area (Å²) in [6.45, 7) is 3.03. The van der Waals surface area contributed by atoms with Crippen molar-refractivity contribution in [3.05, 3.63) is 131 Å². The molecule has 0 saturated heterocycles. The number of hydrogen-bond acceptors (Lipinski definition) is 8. The Labute approximate surface area is 296 Å². The van der Waals surface area contributed by atoms with Crippen molar-refractivity contribution >= 4 is 36.1 Å². The van der Waals surface area contributed by atoms with Crippen LogP contribution in [-0.4, -0.2) is 72.2 Å². The highest BCUT2D eigenvalue weighted by Crippen LogP contribution is 2.23. The number of fused-ring (bicyclic) bond motifs is 2. The molecule has 2 aliphatic rings. The number of amides is 4. The molecule has 0 aliphatic carbocycles. The first kappa shape index (κ1) is 34.8. The quantitative estimate of drug-likeness (QED) is 0.0507. The van der Waals surface area contributed by atoms with Gasteiger partial charge in [-0.05, 0) is 30.7 Å². The van der Waals surface area contributed by atoms with Crippen LogP contribution in [-0.2, 0) is 22.8 Å². The van der Waals surface area contributed by atoms with E-state index in [9.17, 15) is 19.2 Å². The standard InChI is InChI=1S/C39H40N6O6/c46-36-32-10-2-3-11-33(32)37(47)44(36)20-8-26-50-40-28-30-14-22-42(23-15-30)18-6-1-7-19-43-24-16-31(17-25-43)29-41-51-27-9-21-45-38(48)34-12-4-5-13-35(34)39(45)49/h2-5,10-17,22-25,28-29H,1,6-9,18-21,26-27H2/q+2/b40-28+,41-29+. The van der Waals surface area contributed by atoms with E-state index in [1.807, 2.05) is 49.1 Å². The Morgan fingerprint density at radius 1 is 0.490 bits per heavy atom. The number of carbonyl (C=O) groups excluding carboxylic acids is 4. The van der Waals surface area contributed by atoms with Crippen LogP contribution < -0.4 is 9.13 Å². The molecule has 4 aromatic rings. The largest absolute Gasteiger partial charge is 0.396 e. The van der Waals surface area contributed by atoms with Crippen molar-refractivity contribution in [1.29, 1.82) is 0 Å². The maximum absolute atomic E-state index is 12.4. The van der Waals surface area contributed by atoms with Gasteiger partial charge in [-0.1, -0.05) is 34.6 Å². The van der Waals surface area contributed by atoms with Crippen LogP contribution >= 0.6 is 0 Å². The molecule has 0 saturated carbocycles. The number of carbonyl (C=O) groups is 4. The summed E-state index contributed by atoms with van der Waals surface area (Å²) >= 11 is 0. The minimum absolute atomic E-state index is 0.258. The second-order valence-electron chi connectivity index (χ2n) is 12.3. The highest BCUT2D eigenvalue weighted by molar-refractivity contribution is 6.22. The third-order valence-electron chi connectivity index (χ3n) is 8.71. The SMILES string of the molecule is O=C1c2ccccc2C(=O)N1CCCO/N=C/c1cc[n+](CCCCC[n+]2ccc(/C=N/OCCCN3C(=O)c4ccccc4C3=O)cc2)cc1. The predicted octanol–water partition coefficient (Wildman–Crippen LogP) is 4.21. The van der Waals surface area contributed by atoms with Gasteiger partial charge in [0.25, 0.3) is 23.6 Å². The number of aromatic nitrogens is 2. The molecule has 0 N–H and O–H groups in total. The van der Waals surface area contributed by atoms with Crippen molar-refractivity contribution in [2.24, 2.45) is 10.3 Å². The van der Waals surface area contributed by atoms with E-state index in [0.717, 1.165) is 43.5 Å². The topological polar surface area (TPSA) is 126 Å². The van der Waals surface area contributed by atoms with Crippen molar-refractivity contribution in [2.45, 2.75) is 45.2 Å². The monoisotopic (exact) mass is 688 g/mol. The normalized spacial score (nSPS) is 13.9. The van der Waals surface area contributed by atoms with Gasteiger partial charge in [-0.2, -0.15) is 0 Å². The minimum atomic E-state index is -0.258. The third-order valence-corrected chi connectivity index (χ3v) is 8.71. The molecule has 0 bridgehead atoms. The summed E-state index contributed by atoms with van der Waals surface area (Å²) in [4.78, 5) is 62.9. The van der Waals surface area contributed by atoms with Crippen LogP contribution in [0.2, 0.25) is 0 Å². The van der Waals surface area contributed by atoms with E-state index in [4.69, 9.17) is 9.68 Å². The number of imide groups is 2. The average molecular weight is 689 g/mol. The lowest BCUT2D eigenvalue weighted by Crippen LogP contribution is -2.34. The lowest BCUT2D eigenvalue weighted by Gasteiger charge is -2.12. The third kappa shape index (κ3) is 8.77. The first-order valence-corrected chi connectivity index (χ1v) is 17.2. The van der Waals surface area contributed by atoms with Crippen LogP contribution in [0.5, 0.6) is 0 Å². The second kappa shape index (κ2) is 17.1. The van der Waals surface area contributed by atoms with Gasteiger partial charge in [-0.3, -0.25) is 29.0 Å². The summed E-state index contributed by atoms with van der Waals surface area (Å²) in [6, 6.07) is 21.7. The number of unbranched alkanes of at least 4 members (excludes halogenated alkanes) is 2. The molecule has 4 amide bonds. The van der Waals surface area contributed by atoms with E-state index in [0.29, 0.717) is 61.4 Å². The van der Waals surface area contributed by atoms with Crippen molar-refractivity contribution < 1.29 is 38.0 Å². The Morgan fingerprint density at radius 2 is 0.843 bits per heavy atom. The predicted molar refractivity (Wildman–Crippen MR) is 187 cm³/mol. The van der Waals surface area contributed by atoms with Crippen LogP contribution in [0, 0.1) is 0 Å². The first-order chi connectivity index (χ1) is 25.0. The summed E-state index contributed by atoms with van der Waals surface area (Å²) in [7, 11) is 0. The first-order valence-electron chi connectivity index (χ1n) is 17.2. The summed E-state index contributed by atoms with van der Waals surface area (Å²) < 4.78 is 4.29. The fourth-order valence-electron chi connectivity index (χ4n) is 5.93.